The second-order valence-corrected chi connectivity index (χ2v) is 4.54. The van der Waals surface area contributed by atoms with Crippen LogP contribution in [-0.4, -0.2) is 33.0 Å². The predicted molar refractivity (Wildman–Crippen MR) is 58.0 cm³/mol. The minimum atomic E-state index is -0.0906. The molecular weight excluding hydrogens is 206 g/mol. The second-order valence-electron chi connectivity index (χ2n) is 4.54. The van der Waals surface area contributed by atoms with E-state index in [1.54, 1.807) is 7.05 Å². The molecular formula is C11H17N3O2. The fourth-order valence-electron chi connectivity index (χ4n) is 2.40. The molecule has 0 radical (unpaired) electrons. The molecule has 2 heterocycles. The van der Waals surface area contributed by atoms with Crippen LogP contribution in [0.1, 0.15) is 31.3 Å². The van der Waals surface area contributed by atoms with Crippen LogP contribution in [0.2, 0.25) is 0 Å². The van der Waals surface area contributed by atoms with Crippen molar-refractivity contribution in [1.82, 2.24) is 15.0 Å². The van der Waals surface area contributed by atoms with Crippen molar-refractivity contribution >= 4 is 5.78 Å². The molecule has 0 aliphatic carbocycles. The van der Waals surface area contributed by atoms with Crippen LogP contribution in [0.3, 0.4) is 0 Å². The molecule has 16 heavy (non-hydrogen) atoms. The van der Waals surface area contributed by atoms with Crippen molar-refractivity contribution in [1.29, 1.82) is 0 Å². The van der Waals surface area contributed by atoms with E-state index in [1.165, 1.54) is 10.9 Å². The van der Waals surface area contributed by atoms with Gasteiger partial charge in [0.2, 0.25) is 0 Å². The van der Waals surface area contributed by atoms with Gasteiger partial charge in [0.05, 0.1) is 24.3 Å². The summed E-state index contributed by atoms with van der Waals surface area (Å²) in [6.45, 7) is 6.02. The second kappa shape index (κ2) is 3.97. The molecule has 5 heteroatoms. The Morgan fingerprint density at radius 2 is 2.06 bits per heavy atom. The Kier molecular flexibility index (Phi) is 2.80. The van der Waals surface area contributed by atoms with Gasteiger partial charge in [-0.25, -0.2) is 4.68 Å². The molecule has 4 atom stereocenters. The van der Waals surface area contributed by atoms with Gasteiger partial charge in [0.1, 0.15) is 5.69 Å². The maximum Gasteiger partial charge on any atom is 0.188 e. The Labute approximate surface area is 94.8 Å². The summed E-state index contributed by atoms with van der Waals surface area (Å²) in [4.78, 5) is 12.3. The van der Waals surface area contributed by atoms with Crippen LogP contribution >= 0.6 is 0 Å². The highest BCUT2D eigenvalue weighted by molar-refractivity contribution is 5.96. The van der Waals surface area contributed by atoms with Crippen molar-refractivity contribution in [3.8, 4) is 0 Å². The Morgan fingerprint density at radius 1 is 1.38 bits per heavy atom. The molecule has 88 valence electrons. The molecule has 1 aliphatic heterocycles. The number of Topliss-reactive ketones (excluding diaryl/α,β-unsaturated/α-hetero) is 1. The Hall–Kier alpha value is -1.23. The fourth-order valence-corrected chi connectivity index (χ4v) is 2.40. The van der Waals surface area contributed by atoms with Crippen LogP contribution in [0.4, 0.5) is 0 Å². The molecule has 0 aromatic carbocycles. The molecule has 2 rings (SSSR count). The van der Waals surface area contributed by atoms with Gasteiger partial charge in [-0.2, -0.15) is 0 Å². The molecule has 1 saturated heterocycles. The molecule has 5 nitrogen and oxygen atoms in total. The topological polar surface area (TPSA) is 57.0 Å². The minimum absolute atomic E-state index is 0.0348. The molecule has 0 spiro atoms. The summed E-state index contributed by atoms with van der Waals surface area (Å²) in [7, 11) is 1.73. The predicted octanol–water partition coefficient (Wildman–Crippen LogP) is 1.06. The van der Waals surface area contributed by atoms with Crippen LogP contribution in [0, 0.1) is 11.8 Å². The van der Waals surface area contributed by atoms with Crippen molar-refractivity contribution in [2.75, 3.05) is 0 Å². The number of hydrogen-bond acceptors (Lipinski definition) is 4. The molecule has 0 amide bonds. The number of nitrogens with zero attached hydrogens (tertiary/aromatic N) is 3. The number of carbonyl (C=O) groups is 1. The monoisotopic (exact) mass is 223 g/mol. The van der Waals surface area contributed by atoms with Crippen LogP contribution in [0.15, 0.2) is 6.20 Å². The summed E-state index contributed by atoms with van der Waals surface area (Å²) in [5.74, 6) is 0.224. The van der Waals surface area contributed by atoms with Crippen molar-refractivity contribution < 1.29 is 9.53 Å². The Bertz CT molecular complexity index is 402. The Balaban J connectivity index is 2.26. The average Bonchev–Trinajstić information content (AvgIpc) is 2.73. The lowest BCUT2D eigenvalue weighted by Gasteiger charge is -2.16. The third kappa shape index (κ3) is 1.65. The number of aryl methyl sites for hydroxylation is 1. The van der Waals surface area contributed by atoms with Gasteiger partial charge in [0, 0.05) is 7.05 Å². The minimum Gasteiger partial charge on any atom is -0.374 e. The quantitative estimate of drug-likeness (QED) is 0.703. The third-order valence-corrected chi connectivity index (χ3v) is 3.51. The lowest BCUT2D eigenvalue weighted by molar-refractivity contribution is 0.0489. The highest BCUT2D eigenvalue weighted by Crippen LogP contribution is 2.34. The van der Waals surface area contributed by atoms with Crippen LogP contribution in [0.5, 0.6) is 0 Å². The number of ether oxygens (including phenoxy) is 1. The number of carbonyl (C=O) groups excluding carboxylic acids is 1. The van der Waals surface area contributed by atoms with Crippen molar-refractivity contribution in [3.63, 3.8) is 0 Å². The van der Waals surface area contributed by atoms with E-state index in [4.69, 9.17) is 4.74 Å². The summed E-state index contributed by atoms with van der Waals surface area (Å²) in [6.07, 6.45) is 1.61. The van der Waals surface area contributed by atoms with Gasteiger partial charge in [-0.1, -0.05) is 12.1 Å². The summed E-state index contributed by atoms with van der Waals surface area (Å²) in [5.41, 5.74) is 0.557. The van der Waals surface area contributed by atoms with Crippen LogP contribution in [-0.2, 0) is 11.8 Å². The number of aromatic nitrogens is 3. The normalized spacial score (nSPS) is 34.2. The van der Waals surface area contributed by atoms with Crippen molar-refractivity contribution in [2.45, 2.75) is 33.0 Å². The van der Waals surface area contributed by atoms with Gasteiger partial charge in [0.15, 0.2) is 5.78 Å². The van der Waals surface area contributed by atoms with E-state index in [2.05, 4.69) is 17.2 Å². The molecule has 1 aromatic heterocycles. The zero-order valence-corrected chi connectivity index (χ0v) is 10.0. The highest BCUT2D eigenvalue weighted by atomic mass is 16.5. The number of rotatable bonds is 2. The van der Waals surface area contributed by atoms with E-state index < -0.39 is 0 Å². The molecule has 1 fully saturated rings. The van der Waals surface area contributed by atoms with Crippen LogP contribution in [0.25, 0.3) is 0 Å². The van der Waals surface area contributed by atoms with Gasteiger partial charge in [-0.3, -0.25) is 4.79 Å². The van der Waals surface area contributed by atoms with Gasteiger partial charge >= 0.3 is 0 Å². The van der Waals surface area contributed by atoms with Gasteiger partial charge in [-0.05, 0) is 19.8 Å². The Morgan fingerprint density at radius 3 is 2.50 bits per heavy atom. The average molecular weight is 223 g/mol. The van der Waals surface area contributed by atoms with E-state index in [1.807, 2.05) is 13.8 Å². The lowest BCUT2D eigenvalue weighted by atomic mass is 9.85. The highest BCUT2D eigenvalue weighted by Gasteiger charge is 2.42. The summed E-state index contributed by atoms with van der Waals surface area (Å²) >= 11 is 0. The lowest BCUT2D eigenvalue weighted by Crippen LogP contribution is -2.28. The fraction of sp³-hybridized carbons (Fsp3) is 0.727. The van der Waals surface area contributed by atoms with E-state index >= 15 is 0 Å². The molecule has 1 aliphatic rings. The van der Waals surface area contributed by atoms with Gasteiger partial charge in [0.25, 0.3) is 0 Å². The van der Waals surface area contributed by atoms with E-state index in [0.717, 1.165) is 0 Å². The zero-order valence-electron chi connectivity index (χ0n) is 10.0. The first kappa shape index (κ1) is 11.3. The van der Waals surface area contributed by atoms with Crippen LogP contribution < -0.4 is 0 Å². The first-order valence-electron chi connectivity index (χ1n) is 5.56. The number of hydrogen-bond donors (Lipinski definition) is 0. The van der Waals surface area contributed by atoms with Crippen molar-refractivity contribution in [3.05, 3.63) is 11.9 Å². The van der Waals surface area contributed by atoms with E-state index in [9.17, 15) is 4.79 Å². The molecule has 0 N–H and O–H groups in total. The van der Waals surface area contributed by atoms with Gasteiger partial charge < -0.3 is 4.74 Å². The SMILES string of the molecule is CC1OC(C)C(C(=O)c2cnnn2C)C1C. The van der Waals surface area contributed by atoms with E-state index in [-0.39, 0.29) is 29.8 Å². The maximum atomic E-state index is 12.3. The van der Waals surface area contributed by atoms with E-state index in [0.29, 0.717) is 5.69 Å². The molecule has 4 unspecified atom stereocenters. The molecule has 0 saturated carbocycles. The van der Waals surface area contributed by atoms with Crippen molar-refractivity contribution in [2.24, 2.45) is 18.9 Å². The largest absolute Gasteiger partial charge is 0.374 e. The molecule has 0 bridgehead atoms. The maximum absolute atomic E-state index is 12.3. The standard InChI is InChI=1S/C11H17N3O2/c1-6-7(2)16-8(3)10(6)11(15)9-5-12-13-14(9)4/h5-8,10H,1-4H3. The first-order valence-corrected chi connectivity index (χ1v) is 5.56. The zero-order chi connectivity index (χ0) is 11.9. The van der Waals surface area contributed by atoms with Gasteiger partial charge in [-0.15, -0.1) is 5.10 Å². The smallest absolute Gasteiger partial charge is 0.188 e. The third-order valence-electron chi connectivity index (χ3n) is 3.51. The first-order chi connectivity index (χ1) is 7.52. The summed E-state index contributed by atoms with van der Waals surface area (Å²) in [6, 6.07) is 0. The molecule has 1 aromatic rings. The summed E-state index contributed by atoms with van der Waals surface area (Å²) < 4.78 is 7.19. The summed E-state index contributed by atoms with van der Waals surface area (Å²) in [5, 5.41) is 7.52. The number of ketones is 1.